The molecule has 0 radical (unpaired) electrons. The SMILES string of the molecule is Cc1cccc(OC(C)C(=O)N(CCO)C2CCC2)c1. The Labute approximate surface area is 120 Å². The summed E-state index contributed by atoms with van der Waals surface area (Å²) in [6.45, 7) is 4.16. The lowest BCUT2D eigenvalue weighted by atomic mass is 9.91. The number of carbonyl (C=O) groups excluding carboxylic acids is 1. The number of aliphatic hydroxyl groups is 1. The van der Waals surface area contributed by atoms with Crippen molar-refractivity contribution in [1.29, 1.82) is 0 Å². The first-order valence-corrected chi connectivity index (χ1v) is 7.26. The molecule has 1 aliphatic carbocycles. The Morgan fingerprint density at radius 1 is 1.50 bits per heavy atom. The Morgan fingerprint density at radius 2 is 2.25 bits per heavy atom. The van der Waals surface area contributed by atoms with Gasteiger partial charge < -0.3 is 14.7 Å². The van der Waals surface area contributed by atoms with Gasteiger partial charge in [0.2, 0.25) is 0 Å². The Balaban J connectivity index is 1.99. The number of aliphatic hydroxyl groups excluding tert-OH is 1. The molecule has 0 aliphatic heterocycles. The largest absolute Gasteiger partial charge is 0.481 e. The number of hydrogen-bond acceptors (Lipinski definition) is 3. The summed E-state index contributed by atoms with van der Waals surface area (Å²) in [6, 6.07) is 7.96. The van der Waals surface area contributed by atoms with E-state index >= 15 is 0 Å². The number of benzene rings is 1. The average Bonchev–Trinajstić information content (AvgIpc) is 2.35. The molecule has 4 heteroatoms. The van der Waals surface area contributed by atoms with E-state index in [1.165, 1.54) is 0 Å². The van der Waals surface area contributed by atoms with Gasteiger partial charge in [0.1, 0.15) is 5.75 Å². The number of hydrogen-bond donors (Lipinski definition) is 1. The first-order chi connectivity index (χ1) is 9.61. The van der Waals surface area contributed by atoms with E-state index in [2.05, 4.69) is 0 Å². The molecular weight excluding hydrogens is 254 g/mol. The van der Waals surface area contributed by atoms with Crippen LogP contribution in [-0.4, -0.2) is 41.2 Å². The fourth-order valence-electron chi connectivity index (χ4n) is 2.46. The Morgan fingerprint density at radius 3 is 2.80 bits per heavy atom. The van der Waals surface area contributed by atoms with Gasteiger partial charge in [0.05, 0.1) is 6.61 Å². The van der Waals surface area contributed by atoms with E-state index < -0.39 is 6.10 Å². The minimum atomic E-state index is -0.524. The van der Waals surface area contributed by atoms with Gasteiger partial charge in [-0.25, -0.2) is 0 Å². The molecule has 0 saturated heterocycles. The first kappa shape index (κ1) is 14.9. The fourth-order valence-corrected chi connectivity index (χ4v) is 2.46. The summed E-state index contributed by atoms with van der Waals surface area (Å²) in [6.07, 6.45) is 2.70. The van der Waals surface area contributed by atoms with Crippen LogP contribution in [-0.2, 0) is 4.79 Å². The van der Waals surface area contributed by atoms with Gasteiger partial charge in [0, 0.05) is 12.6 Å². The molecule has 0 bridgehead atoms. The molecule has 1 saturated carbocycles. The number of aryl methyl sites for hydroxylation is 1. The maximum Gasteiger partial charge on any atom is 0.263 e. The number of ether oxygens (including phenoxy) is 1. The van der Waals surface area contributed by atoms with Crippen molar-refractivity contribution in [3.63, 3.8) is 0 Å². The summed E-state index contributed by atoms with van der Waals surface area (Å²) >= 11 is 0. The number of nitrogens with zero attached hydrogens (tertiary/aromatic N) is 1. The third-order valence-electron chi connectivity index (χ3n) is 3.79. The maximum atomic E-state index is 12.4. The first-order valence-electron chi connectivity index (χ1n) is 7.26. The van der Waals surface area contributed by atoms with E-state index in [0.717, 1.165) is 24.8 Å². The molecule has 1 aliphatic rings. The third kappa shape index (κ3) is 3.51. The van der Waals surface area contributed by atoms with Gasteiger partial charge in [0.25, 0.3) is 5.91 Å². The second kappa shape index (κ2) is 6.75. The minimum absolute atomic E-state index is 0.000590. The molecule has 0 aromatic heterocycles. The zero-order valence-electron chi connectivity index (χ0n) is 12.2. The normalized spacial score (nSPS) is 16.4. The number of amides is 1. The quantitative estimate of drug-likeness (QED) is 0.866. The van der Waals surface area contributed by atoms with E-state index in [0.29, 0.717) is 12.3 Å². The average molecular weight is 277 g/mol. The summed E-state index contributed by atoms with van der Waals surface area (Å²) in [5.74, 6) is 0.675. The lowest BCUT2D eigenvalue weighted by Crippen LogP contribution is -2.50. The molecule has 1 unspecified atom stereocenters. The van der Waals surface area contributed by atoms with E-state index in [9.17, 15) is 4.79 Å². The van der Waals surface area contributed by atoms with Gasteiger partial charge in [0.15, 0.2) is 6.10 Å². The molecule has 4 nitrogen and oxygen atoms in total. The highest BCUT2D eigenvalue weighted by Crippen LogP contribution is 2.25. The highest BCUT2D eigenvalue weighted by molar-refractivity contribution is 5.81. The van der Waals surface area contributed by atoms with Crippen LogP contribution in [0.3, 0.4) is 0 Å². The van der Waals surface area contributed by atoms with Crippen LogP contribution >= 0.6 is 0 Å². The van der Waals surface area contributed by atoms with Gasteiger partial charge in [-0.1, -0.05) is 12.1 Å². The van der Waals surface area contributed by atoms with E-state index in [1.807, 2.05) is 31.2 Å². The maximum absolute atomic E-state index is 12.4. The van der Waals surface area contributed by atoms with Crippen LogP contribution < -0.4 is 4.74 Å². The summed E-state index contributed by atoms with van der Waals surface area (Å²) < 4.78 is 5.73. The third-order valence-corrected chi connectivity index (χ3v) is 3.79. The predicted molar refractivity (Wildman–Crippen MR) is 77.7 cm³/mol. The molecular formula is C16H23NO3. The van der Waals surface area contributed by atoms with Crippen LogP contribution in [0.1, 0.15) is 31.7 Å². The Hall–Kier alpha value is -1.55. The van der Waals surface area contributed by atoms with Crippen LogP contribution in [0.25, 0.3) is 0 Å². The van der Waals surface area contributed by atoms with Crippen molar-refractivity contribution in [2.24, 2.45) is 0 Å². The summed E-state index contributed by atoms with van der Waals surface area (Å²) in [5.41, 5.74) is 1.10. The molecule has 1 fully saturated rings. The highest BCUT2D eigenvalue weighted by atomic mass is 16.5. The molecule has 0 spiro atoms. The van der Waals surface area contributed by atoms with Gasteiger partial charge in [-0.2, -0.15) is 0 Å². The van der Waals surface area contributed by atoms with E-state index in [-0.39, 0.29) is 18.6 Å². The molecule has 110 valence electrons. The minimum Gasteiger partial charge on any atom is -0.481 e. The topological polar surface area (TPSA) is 49.8 Å². The summed E-state index contributed by atoms with van der Waals surface area (Å²) in [5, 5.41) is 9.13. The molecule has 0 heterocycles. The fraction of sp³-hybridized carbons (Fsp3) is 0.562. The highest BCUT2D eigenvalue weighted by Gasteiger charge is 2.31. The van der Waals surface area contributed by atoms with Crippen molar-refractivity contribution in [1.82, 2.24) is 4.90 Å². The van der Waals surface area contributed by atoms with Gasteiger partial charge in [-0.3, -0.25) is 4.79 Å². The predicted octanol–water partition coefficient (Wildman–Crippen LogP) is 2.14. The van der Waals surface area contributed by atoms with Crippen molar-refractivity contribution in [2.75, 3.05) is 13.2 Å². The van der Waals surface area contributed by atoms with Gasteiger partial charge >= 0.3 is 0 Å². The lowest BCUT2D eigenvalue weighted by molar-refractivity contribution is -0.142. The monoisotopic (exact) mass is 277 g/mol. The van der Waals surface area contributed by atoms with Gasteiger partial charge in [-0.15, -0.1) is 0 Å². The lowest BCUT2D eigenvalue weighted by Gasteiger charge is -2.38. The van der Waals surface area contributed by atoms with Crippen molar-refractivity contribution in [3.8, 4) is 5.75 Å². The number of carbonyl (C=O) groups is 1. The summed E-state index contributed by atoms with van der Waals surface area (Å²) in [4.78, 5) is 14.2. The number of rotatable bonds is 6. The second-order valence-electron chi connectivity index (χ2n) is 5.42. The van der Waals surface area contributed by atoms with Crippen molar-refractivity contribution in [2.45, 2.75) is 45.3 Å². The second-order valence-corrected chi connectivity index (χ2v) is 5.42. The van der Waals surface area contributed by atoms with Crippen molar-refractivity contribution >= 4 is 5.91 Å². The van der Waals surface area contributed by atoms with Crippen LogP contribution in [0.5, 0.6) is 5.75 Å². The molecule has 1 atom stereocenters. The standard InChI is InChI=1S/C16H23NO3/c1-12-5-3-8-15(11-12)20-13(2)16(19)17(9-10-18)14-6-4-7-14/h3,5,8,11,13-14,18H,4,6-7,9-10H2,1-2H3. The van der Waals surface area contributed by atoms with Crippen LogP contribution in [0.2, 0.25) is 0 Å². The smallest absolute Gasteiger partial charge is 0.263 e. The molecule has 20 heavy (non-hydrogen) atoms. The zero-order valence-corrected chi connectivity index (χ0v) is 12.2. The Kier molecular flexibility index (Phi) is 5.01. The van der Waals surface area contributed by atoms with E-state index in [4.69, 9.17) is 9.84 Å². The van der Waals surface area contributed by atoms with Crippen molar-refractivity contribution in [3.05, 3.63) is 29.8 Å². The van der Waals surface area contributed by atoms with Crippen LogP contribution in [0, 0.1) is 6.92 Å². The molecule has 1 aromatic rings. The van der Waals surface area contributed by atoms with Crippen molar-refractivity contribution < 1.29 is 14.6 Å². The van der Waals surface area contributed by atoms with Gasteiger partial charge in [-0.05, 0) is 50.8 Å². The molecule has 2 rings (SSSR count). The molecule has 1 N–H and O–H groups in total. The summed E-state index contributed by atoms with van der Waals surface area (Å²) in [7, 11) is 0. The van der Waals surface area contributed by atoms with E-state index in [1.54, 1.807) is 11.8 Å². The zero-order chi connectivity index (χ0) is 14.5. The molecule has 1 amide bonds. The Bertz CT molecular complexity index is 457. The van der Waals surface area contributed by atoms with Crippen LogP contribution in [0.4, 0.5) is 0 Å². The van der Waals surface area contributed by atoms with Crippen LogP contribution in [0.15, 0.2) is 24.3 Å². The molecule has 1 aromatic carbocycles.